The number of aryl methyl sites for hydroxylation is 1. The van der Waals surface area contributed by atoms with Crippen molar-refractivity contribution in [3.8, 4) is 11.1 Å². The normalized spacial score (nSPS) is 13.0. The van der Waals surface area contributed by atoms with E-state index in [0.29, 0.717) is 16.3 Å². The van der Waals surface area contributed by atoms with E-state index in [1.54, 1.807) is 6.92 Å². The van der Waals surface area contributed by atoms with E-state index < -0.39 is 18.1 Å². The number of alkyl carbamates (subject to hydrolysis) is 1. The van der Waals surface area contributed by atoms with Crippen LogP contribution in [-0.2, 0) is 16.1 Å². The van der Waals surface area contributed by atoms with Crippen LogP contribution < -0.4 is 10.6 Å². The molecule has 2 amide bonds. The standard InChI is InChI=1S/C26H27N3O5S/c1-3-16(12-22(30)27-13-23-29-24(25(31)32)15(2)35-23)28-26(33)34-14-21-19-10-6-4-8-17(19)18-9-5-7-11-20(18)21/h4-11,16,21H,3,12-14H2,1-2H3,(H,27,30)(H,28,33)(H,31,32)/t16-/m1/s1. The third-order valence-corrected chi connectivity index (χ3v) is 7.04. The molecule has 2 aromatic carbocycles. The van der Waals surface area contributed by atoms with Crippen molar-refractivity contribution in [3.63, 3.8) is 0 Å². The first-order chi connectivity index (χ1) is 16.9. The van der Waals surface area contributed by atoms with Gasteiger partial charge in [-0.05, 0) is 35.6 Å². The van der Waals surface area contributed by atoms with Crippen LogP contribution in [0.5, 0.6) is 0 Å². The Balaban J connectivity index is 1.28. The molecular formula is C26H27N3O5S. The number of hydrogen-bond donors (Lipinski definition) is 3. The number of fused-ring (bicyclic) bond motifs is 3. The fourth-order valence-electron chi connectivity index (χ4n) is 4.30. The van der Waals surface area contributed by atoms with Gasteiger partial charge in [0, 0.05) is 23.3 Å². The van der Waals surface area contributed by atoms with Gasteiger partial charge in [0.1, 0.15) is 11.6 Å². The zero-order chi connectivity index (χ0) is 24.9. The molecule has 1 heterocycles. The number of carbonyl (C=O) groups excluding carboxylic acids is 2. The van der Waals surface area contributed by atoms with E-state index in [0.717, 1.165) is 22.3 Å². The Kier molecular flexibility index (Phi) is 7.45. The number of carbonyl (C=O) groups is 3. The Hall–Kier alpha value is -3.72. The van der Waals surface area contributed by atoms with Crippen LogP contribution in [0.2, 0.25) is 0 Å². The van der Waals surface area contributed by atoms with Crippen molar-refractivity contribution in [1.29, 1.82) is 0 Å². The first kappa shape index (κ1) is 24.4. The Morgan fingerprint density at radius 1 is 1.09 bits per heavy atom. The van der Waals surface area contributed by atoms with Crippen molar-refractivity contribution in [2.75, 3.05) is 6.61 Å². The highest BCUT2D eigenvalue weighted by atomic mass is 32.1. The number of benzene rings is 2. The van der Waals surface area contributed by atoms with Gasteiger partial charge in [0.25, 0.3) is 0 Å². The van der Waals surface area contributed by atoms with E-state index in [2.05, 4.69) is 39.9 Å². The first-order valence-electron chi connectivity index (χ1n) is 11.4. The number of nitrogens with zero attached hydrogens (tertiary/aromatic N) is 1. The zero-order valence-corrected chi connectivity index (χ0v) is 20.4. The van der Waals surface area contributed by atoms with Crippen molar-refractivity contribution < 1.29 is 24.2 Å². The lowest BCUT2D eigenvalue weighted by Crippen LogP contribution is -2.39. The zero-order valence-electron chi connectivity index (χ0n) is 19.5. The van der Waals surface area contributed by atoms with Crippen LogP contribution in [0.15, 0.2) is 48.5 Å². The maximum Gasteiger partial charge on any atom is 0.407 e. The van der Waals surface area contributed by atoms with Gasteiger partial charge in [-0.3, -0.25) is 4.79 Å². The molecule has 0 bridgehead atoms. The molecule has 3 aromatic rings. The average Bonchev–Trinajstić information content (AvgIpc) is 3.38. The van der Waals surface area contributed by atoms with Gasteiger partial charge in [-0.15, -0.1) is 11.3 Å². The van der Waals surface area contributed by atoms with Crippen molar-refractivity contribution >= 4 is 29.3 Å². The molecule has 0 spiro atoms. The Morgan fingerprint density at radius 2 is 1.71 bits per heavy atom. The second-order valence-electron chi connectivity index (χ2n) is 8.37. The average molecular weight is 494 g/mol. The summed E-state index contributed by atoms with van der Waals surface area (Å²) >= 11 is 1.23. The molecule has 0 radical (unpaired) electrons. The minimum absolute atomic E-state index is 0.00241. The van der Waals surface area contributed by atoms with E-state index in [1.165, 1.54) is 11.3 Å². The number of thiazole rings is 1. The van der Waals surface area contributed by atoms with E-state index in [4.69, 9.17) is 9.84 Å². The number of aromatic carboxylic acids is 1. The van der Waals surface area contributed by atoms with Crippen LogP contribution in [0.3, 0.4) is 0 Å². The fourth-order valence-corrected chi connectivity index (χ4v) is 5.16. The van der Waals surface area contributed by atoms with Crippen molar-refractivity contribution in [3.05, 3.63) is 75.2 Å². The van der Waals surface area contributed by atoms with Crippen LogP contribution in [-0.4, -0.2) is 40.7 Å². The predicted molar refractivity (Wildman–Crippen MR) is 133 cm³/mol. The number of nitrogens with one attached hydrogen (secondary N) is 2. The molecule has 8 nitrogen and oxygen atoms in total. The van der Waals surface area contributed by atoms with Gasteiger partial charge in [0.2, 0.25) is 5.91 Å². The van der Waals surface area contributed by atoms with Crippen molar-refractivity contribution in [1.82, 2.24) is 15.6 Å². The second kappa shape index (κ2) is 10.7. The summed E-state index contributed by atoms with van der Waals surface area (Å²) in [5.74, 6) is -1.39. The number of carboxylic acids is 1. The molecule has 4 rings (SSSR count). The van der Waals surface area contributed by atoms with Gasteiger partial charge in [-0.1, -0.05) is 55.5 Å². The highest BCUT2D eigenvalue weighted by Crippen LogP contribution is 2.44. The van der Waals surface area contributed by atoms with Gasteiger partial charge in [-0.25, -0.2) is 14.6 Å². The highest BCUT2D eigenvalue weighted by molar-refractivity contribution is 7.11. The van der Waals surface area contributed by atoms with Gasteiger partial charge in [0.15, 0.2) is 5.69 Å². The van der Waals surface area contributed by atoms with E-state index >= 15 is 0 Å². The Bertz CT molecular complexity index is 1210. The molecule has 3 N–H and O–H groups in total. The Labute approximate surface area is 207 Å². The minimum Gasteiger partial charge on any atom is -0.476 e. The minimum atomic E-state index is -1.09. The van der Waals surface area contributed by atoms with Gasteiger partial charge < -0.3 is 20.5 Å². The number of amides is 2. The molecule has 1 aliphatic carbocycles. The van der Waals surface area contributed by atoms with Gasteiger partial charge in [-0.2, -0.15) is 0 Å². The summed E-state index contributed by atoms with van der Waals surface area (Å²) < 4.78 is 5.58. The smallest absolute Gasteiger partial charge is 0.407 e. The number of aromatic nitrogens is 1. The molecule has 1 aromatic heterocycles. The fraction of sp³-hybridized carbons (Fsp3) is 0.308. The van der Waals surface area contributed by atoms with E-state index in [9.17, 15) is 14.4 Å². The molecule has 1 aliphatic rings. The molecule has 182 valence electrons. The molecule has 1 atom stereocenters. The van der Waals surface area contributed by atoms with Gasteiger partial charge in [0.05, 0.1) is 6.54 Å². The Morgan fingerprint density at radius 3 is 2.29 bits per heavy atom. The van der Waals surface area contributed by atoms with Crippen molar-refractivity contribution in [2.45, 2.75) is 45.2 Å². The molecule has 0 fully saturated rings. The molecule has 9 heteroatoms. The molecular weight excluding hydrogens is 466 g/mol. The number of rotatable bonds is 9. The van der Waals surface area contributed by atoms with Crippen molar-refractivity contribution in [2.24, 2.45) is 0 Å². The topological polar surface area (TPSA) is 118 Å². The summed E-state index contributed by atoms with van der Waals surface area (Å²) in [6.07, 6.45) is 0.0710. The summed E-state index contributed by atoms with van der Waals surface area (Å²) in [5, 5.41) is 15.1. The largest absolute Gasteiger partial charge is 0.476 e. The van der Waals surface area contributed by atoms with E-state index in [-0.39, 0.29) is 37.1 Å². The first-order valence-corrected chi connectivity index (χ1v) is 12.3. The lowest BCUT2D eigenvalue weighted by Gasteiger charge is -2.18. The molecule has 0 saturated carbocycles. The summed E-state index contributed by atoms with van der Waals surface area (Å²) in [4.78, 5) is 40.7. The maximum absolute atomic E-state index is 12.5. The molecule has 0 unspecified atom stereocenters. The van der Waals surface area contributed by atoms with E-state index in [1.807, 2.05) is 31.2 Å². The quantitative estimate of drug-likeness (QED) is 0.405. The SMILES string of the molecule is CC[C@H](CC(=O)NCc1nc(C(=O)O)c(C)s1)NC(=O)OCC1c2ccccc2-c2ccccc21. The summed E-state index contributed by atoms with van der Waals surface area (Å²) in [7, 11) is 0. The third kappa shape index (κ3) is 5.51. The molecule has 35 heavy (non-hydrogen) atoms. The number of carboxylic acid groups (broad SMARTS) is 1. The molecule has 0 aliphatic heterocycles. The number of hydrogen-bond acceptors (Lipinski definition) is 6. The lowest BCUT2D eigenvalue weighted by molar-refractivity contribution is -0.121. The van der Waals surface area contributed by atoms with Crippen LogP contribution in [0, 0.1) is 6.92 Å². The lowest BCUT2D eigenvalue weighted by atomic mass is 9.98. The summed E-state index contributed by atoms with van der Waals surface area (Å²) in [5.41, 5.74) is 4.59. The van der Waals surface area contributed by atoms with Crippen LogP contribution >= 0.6 is 11.3 Å². The predicted octanol–water partition coefficient (Wildman–Crippen LogP) is 4.47. The third-order valence-electron chi connectivity index (χ3n) is 6.07. The number of ether oxygens (including phenoxy) is 1. The summed E-state index contributed by atoms with van der Waals surface area (Å²) in [6, 6.07) is 15.9. The summed E-state index contributed by atoms with van der Waals surface area (Å²) in [6.45, 7) is 3.90. The van der Waals surface area contributed by atoms with Crippen LogP contribution in [0.25, 0.3) is 11.1 Å². The van der Waals surface area contributed by atoms with Gasteiger partial charge >= 0.3 is 12.1 Å². The monoisotopic (exact) mass is 493 g/mol. The second-order valence-corrected chi connectivity index (χ2v) is 9.66. The maximum atomic E-state index is 12.5. The highest BCUT2D eigenvalue weighted by Gasteiger charge is 2.29. The van der Waals surface area contributed by atoms with Crippen LogP contribution in [0.1, 0.15) is 57.2 Å². The van der Waals surface area contributed by atoms with Crippen LogP contribution in [0.4, 0.5) is 4.79 Å². The molecule has 0 saturated heterocycles.